The lowest BCUT2D eigenvalue weighted by Gasteiger charge is -2.27. The van der Waals surface area contributed by atoms with E-state index in [2.05, 4.69) is 173 Å². The van der Waals surface area contributed by atoms with Crippen LogP contribution in [0.3, 0.4) is 0 Å². The summed E-state index contributed by atoms with van der Waals surface area (Å²) in [5.74, 6) is 1.76. The molecular weight excluding hydrogens is 685 g/mol. The lowest BCUT2D eigenvalue weighted by atomic mass is 9.98. The minimum atomic E-state index is 0.877. The van der Waals surface area contributed by atoms with Crippen LogP contribution < -0.4 is 9.64 Å². The van der Waals surface area contributed by atoms with Crippen LogP contribution in [0.2, 0.25) is 0 Å². The summed E-state index contributed by atoms with van der Waals surface area (Å²) in [7, 11) is 0. The Hall–Kier alpha value is -6.40. The van der Waals surface area contributed by atoms with E-state index in [-0.39, 0.29) is 0 Å². The third-order valence-corrected chi connectivity index (χ3v) is 13.2. The van der Waals surface area contributed by atoms with Crippen LogP contribution in [0.5, 0.6) is 11.5 Å². The van der Waals surface area contributed by atoms with Crippen molar-refractivity contribution in [2.24, 2.45) is 0 Å². The number of nitrogens with zero attached hydrogens (tertiary/aromatic N) is 2. The van der Waals surface area contributed by atoms with Crippen molar-refractivity contribution in [1.82, 2.24) is 4.57 Å². The fourth-order valence-electron chi connectivity index (χ4n) is 8.50. The fourth-order valence-corrected chi connectivity index (χ4v) is 10.9. The van der Waals surface area contributed by atoms with Crippen molar-refractivity contribution in [2.45, 2.75) is 0 Å². The first-order valence-electron chi connectivity index (χ1n) is 17.8. The van der Waals surface area contributed by atoms with Crippen molar-refractivity contribution >= 4 is 102 Å². The summed E-state index contributed by atoms with van der Waals surface area (Å²) in [4.78, 5) is 2.48. The summed E-state index contributed by atoms with van der Waals surface area (Å²) in [6.45, 7) is 0. The predicted molar refractivity (Wildman–Crippen MR) is 227 cm³/mol. The van der Waals surface area contributed by atoms with E-state index >= 15 is 0 Å². The molecule has 53 heavy (non-hydrogen) atoms. The number of thiophene rings is 2. The molecule has 5 heteroatoms. The van der Waals surface area contributed by atoms with Gasteiger partial charge in [-0.2, -0.15) is 0 Å². The van der Waals surface area contributed by atoms with Gasteiger partial charge in [-0.1, -0.05) is 103 Å². The number of ether oxygens (including phenoxy) is 1. The Kier molecular flexibility index (Phi) is 6.09. The highest BCUT2D eigenvalue weighted by Gasteiger charge is 2.26. The molecule has 0 N–H and O–H groups in total. The number of aromatic nitrogens is 1. The molecule has 11 aromatic rings. The molecule has 248 valence electrons. The molecule has 0 atom stereocenters. The average molecular weight is 713 g/mol. The van der Waals surface area contributed by atoms with E-state index in [1.165, 1.54) is 79.1 Å². The molecular formula is C48H28N2OS2. The average Bonchev–Trinajstić information content (AvgIpc) is 3.90. The Bertz CT molecular complexity index is 3160. The molecule has 4 heterocycles. The first kappa shape index (κ1) is 29.2. The Morgan fingerprint density at radius 1 is 0.453 bits per heavy atom. The molecule has 0 saturated carbocycles. The summed E-state index contributed by atoms with van der Waals surface area (Å²) in [6, 6.07) is 61.6. The van der Waals surface area contributed by atoms with Crippen LogP contribution in [0.25, 0.3) is 79.0 Å². The van der Waals surface area contributed by atoms with Crippen LogP contribution in [-0.2, 0) is 0 Å². The Morgan fingerprint density at radius 2 is 1.04 bits per heavy atom. The third-order valence-electron chi connectivity index (χ3n) is 10.8. The van der Waals surface area contributed by atoms with Crippen LogP contribution >= 0.6 is 22.7 Å². The third kappa shape index (κ3) is 4.15. The van der Waals surface area contributed by atoms with Gasteiger partial charge in [0.25, 0.3) is 0 Å². The standard InChI is InChI=1S/C48H28N2OS2/c1-4-16-37-36(13-1)45-31(27-28-42-46(45)50(37)38-17-5-6-20-41(38)51-42)29-23-25-30(26-24-29)49(39-18-9-14-34-32-11-2-7-21-43(32)52-47(34)39)40-19-10-15-35-33-12-3-8-22-44(33)53-48(35)40/h1-28H. The highest BCUT2D eigenvalue weighted by molar-refractivity contribution is 7.27. The van der Waals surface area contributed by atoms with Gasteiger partial charge < -0.3 is 14.2 Å². The maximum Gasteiger partial charge on any atom is 0.152 e. The van der Waals surface area contributed by atoms with Crippen LogP contribution in [0.1, 0.15) is 0 Å². The number of benzene rings is 8. The van der Waals surface area contributed by atoms with Gasteiger partial charge in [0.05, 0.1) is 37.5 Å². The molecule has 1 aliphatic heterocycles. The van der Waals surface area contributed by atoms with Gasteiger partial charge in [0.15, 0.2) is 11.5 Å². The van der Waals surface area contributed by atoms with E-state index in [1.807, 2.05) is 28.7 Å². The van der Waals surface area contributed by atoms with Crippen molar-refractivity contribution < 1.29 is 4.74 Å². The van der Waals surface area contributed by atoms with Gasteiger partial charge in [0.1, 0.15) is 0 Å². The van der Waals surface area contributed by atoms with E-state index in [0.29, 0.717) is 0 Å². The number of rotatable bonds is 4. The molecule has 3 aromatic heterocycles. The van der Waals surface area contributed by atoms with E-state index in [0.717, 1.165) is 28.4 Å². The van der Waals surface area contributed by atoms with Gasteiger partial charge in [-0.25, -0.2) is 0 Å². The number of para-hydroxylation sites is 3. The SMILES string of the molecule is c1ccc2c(c1)Oc1ccc(-c3ccc(N(c4cccc5c4sc4ccccc45)c4cccc5c4sc4ccccc45)cc3)c3c4ccccc4n-2c13. The Labute approximate surface area is 312 Å². The second-order valence-corrected chi connectivity index (χ2v) is 15.7. The van der Waals surface area contributed by atoms with Gasteiger partial charge in [-0.05, 0) is 77.9 Å². The minimum Gasteiger partial charge on any atom is -0.453 e. The number of hydrogen-bond donors (Lipinski definition) is 0. The molecule has 0 saturated heterocycles. The van der Waals surface area contributed by atoms with Crippen molar-refractivity contribution in [3.05, 3.63) is 170 Å². The second kappa shape index (κ2) is 11.1. The number of fused-ring (bicyclic) bond motifs is 11. The minimum absolute atomic E-state index is 0.877. The van der Waals surface area contributed by atoms with Crippen LogP contribution in [0, 0.1) is 0 Å². The van der Waals surface area contributed by atoms with Crippen molar-refractivity contribution in [3.63, 3.8) is 0 Å². The van der Waals surface area contributed by atoms with Gasteiger partial charge in [0, 0.05) is 47.4 Å². The molecule has 0 spiro atoms. The second-order valence-electron chi connectivity index (χ2n) is 13.6. The summed E-state index contributed by atoms with van der Waals surface area (Å²) < 4.78 is 14.1. The molecule has 0 aliphatic carbocycles. The Morgan fingerprint density at radius 3 is 1.74 bits per heavy atom. The highest BCUT2D eigenvalue weighted by atomic mass is 32.1. The molecule has 0 fully saturated rings. The summed E-state index contributed by atoms with van der Waals surface area (Å²) in [5.41, 5.74) is 9.23. The molecule has 0 bridgehead atoms. The normalized spacial score (nSPS) is 12.3. The maximum absolute atomic E-state index is 6.51. The summed E-state index contributed by atoms with van der Waals surface area (Å²) in [5, 5.41) is 7.61. The Balaban J connectivity index is 1.08. The van der Waals surface area contributed by atoms with E-state index in [4.69, 9.17) is 4.74 Å². The van der Waals surface area contributed by atoms with Crippen molar-refractivity contribution in [1.29, 1.82) is 0 Å². The van der Waals surface area contributed by atoms with Gasteiger partial charge >= 0.3 is 0 Å². The zero-order valence-corrected chi connectivity index (χ0v) is 29.9. The lowest BCUT2D eigenvalue weighted by molar-refractivity contribution is 0.476. The van der Waals surface area contributed by atoms with E-state index in [1.54, 1.807) is 0 Å². The summed E-state index contributed by atoms with van der Waals surface area (Å²) >= 11 is 3.75. The zero-order chi connectivity index (χ0) is 34.6. The van der Waals surface area contributed by atoms with Crippen molar-refractivity contribution in [3.8, 4) is 28.3 Å². The maximum atomic E-state index is 6.51. The summed E-state index contributed by atoms with van der Waals surface area (Å²) in [6.07, 6.45) is 0. The fraction of sp³-hybridized carbons (Fsp3) is 0. The van der Waals surface area contributed by atoms with Gasteiger partial charge in [0.2, 0.25) is 0 Å². The molecule has 0 amide bonds. The van der Waals surface area contributed by atoms with Crippen LogP contribution in [0.4, 0.5) is 17.1 Å². The first-order valence-corrected chi connectivity index (χ1v) is 19.5. The number of anilines is 3. The topological polar surface area (TPSA) is 17.4 Å². The predicted octanol–water partition coefficient (Wildman–Crippen LogP) is 14.8. The molecule has 3 nitrogen and oxygen atoms in total. The van der Waals surface area contributed by atoms with E-state index in [9.17, 15) is 0 Å². The quantitative estimate of drug-likeness (QED) is 0.181. The molecule has 0 unspecified atom stereocenters. The number of hydrogen-bond acceptors (Lipinski definition) is 4. The van der Waals surface area contributed by atoms with Crippen LogP contribution in [-0.4, -0.2) is 4.57 Å². The smallest absolute Gasteiger partial charge is 0.152 e. The monoisotopic (exact) mass is 712 g/mol. The van der Waals surface area contributed by atoms with Crippen LogP contribution in [0.15, 0.2) is 170 Å². The molecule has 0 radical (unpaired) electrons. The molecule has 1 aliphatic rings. The van der Waals surface area contributed by atoms with Gasteiger partial charge in [-0.15, -0.1) is 22.7 Å². The molecule has 12 rings (SSSR count). The largest absolute Gasteiger partial charge is 0.453 e. The zero-order valence-electron chi connectivity index (χ0n) is 28.3. The van der Waals surface area contributed by atoms with Gasteiger partial charge in [-0.3, -0.25) is 0 Å². The lowest BCUT2D eigenvalue weighted by Crippen LogP contribution is -2.10. The van der Waals surface area contributed by atoms with Crippen molar-refractivity contribution in [2.75, 3.05) is 4.90 Å². The first-order chi connectivity index (χ1) is 26.3. The van der Waals surface area contributed by atoms with E-state index < -0.39 is 0 Å². The molecule has 8 aromatic carbocycles. The highest BCUT2D eigenvalue weighted by Crippen LogP contribution is 2.51.